The summed E-state index contributed by atoms with van der Waals surface area (Å²) in [6.07, 6.45) is 2.41. The van der Waals surface area contributed by atoms with Gasteiger partial charge in [-0.1, -0.05) is 0 Å². The summed E-state index contributed by atoms with van der Waals surface area (Å²) in [6.45, 7) is 5.65. The number of hydrogen-bond donors (Lipinski definition) is 1. The van der Waals surface area contributed by atoms with Crippen molar-refractivity contribution in [3.8, 4) is 5.82 Å². The molecule has 7 nitrogen and oxygen atoms in total. The Kier molecular flexibility index (Phi) is 4.55. The smallest absolute Gasteiger partial charge is 0.411 e. The molecule has 152 valence electrons. The first-order valence-corrected chi connectivity index (χ1v) is 8.65. The summed E-state index contributed by atoms with van der Waals surface area (Å²) < 4.78 is 49.2. The number of nitrogen functional groups attached to an aromatic ring is 1. The number of pyridine rings is 1. The maximum Gasteiger partial charge on any atom is 0.411 e. The third kappa shape index (κ3) is 3.76. The van der Waals surface area contributed by atoms with Gasteiger partial charge in [0.1, 0.15) is 11.9 Å². The Balaban J connectivity index is 1.98. The quantitative estimate of drug-likeness (QED) is 0.839. The standard InChI is InChI=1S/C18H22F3N5O2/c1-16(2,3)28-15(27)26-9-18(20,21)8-17(26,4)13-7-25(10-24-13)14-12(19)5-11(22)6-23-14/h5-7,10H,8-9,22H2,1-4H3. The van der Waals surface area contributed by atoms with Crippen LogP contribution in [0.15, 0.2) is 24.8 Å². The number of anilines is 1. The van der Waals surface area contributed by atoms with Crippen LogP contribution in [0.25, 0.3) is 5.82 Å². The van der Waals surface area contributed by atoms with Crippen molar-refractivity contribution in [2.24, 2.45) is 0 Å². The number of hydrogen-bond acceptors (Lipinski definition) is 5. The fourth-order valence-electron chi connectivity index (χ4n) is 3.22. The molecule has 1 aliphatic rings. The molecule has 28 heavy (non-hydrogen) atoms. The zero-order chi connectivity index (χ0) is 20.9. The fraction of sp³-hybridized carbons (Fsp3) is 0.500. The van der Waals surface area contributed by atoms with Gasteiger partial charge >= 0.3 is 6.09 Å². The summed E-state index contributed by atoms with van der Waals surface area (Å²) in [5.41, 5.74) is 3.55. The number of nitrogens with zero attached hydrogens (tertiary/aromatic N) is 4. The van der Waals surface area contributed by atoms with Crippen LogP contribution in [0.1, 0.15) is 39.8 Å². The van der Waals surface area contributed by atoms with E-state index < -0.39 is 41.9 Å². The molecule has 1 aliphatic heterocycles. The van der Waals surface area contributed by atoms with Gasteiger partial charge in [0.2, 0.25) is 0 Å². The van der Waals surface area contributed by atoms with E-state index >= 15 is 0 Å². The van der Waals surface area contributed by atoms with Crippen molar-refractivity contribution in [3.05, 3.63) is 36.3 Å². The SMILES string of the molecule is CC(C)(C)OC(=O)N1CC(F)(F)CC1(C)c1cn(-c2ncc(N)cc2F)cn1. The lowest BCUT2D eigenvalue weighted by atomic mass is 9.94. The van der Waals surface area contributed by atoms with Gasteiger partial charge in [0.25, 0.3) is 5.92 Å². The van der Waals surface area contributed by atoms with Crippen molar-refractivity contribution >= 4 is 11.8 Å². The van der Waals surface area contributed by atoms with Crippen LogP contribution in [0.5, 0.6) is 0 Å². The Hall–Kier alpha value is -2.78. The van der Waals surface area contributed by atoms with Crippen LogP contribution >= 0.6 is 0 Å². The number of imidazole rings is 1. The number of halogens is 3. The van der Waals surface area contributed by atoms with Crippen LogP contribution in [0.3, 0.4) is 0 Å². The molecule has 3 heterocycles. The Bertz CT molecular complexity index is 909. The maximum absolute atomic E-state index is 14.2. The zero-order valence-corrected chi connectivity index (χ0v) is 16.0. The number of nitrogens with two attached hydrogens (primary N) is 1. The Labute approximate surface area is 160 Å². The van der Waals surface area contributed by atoms with E-state index in [1.807, 2.05) is 0 Å². The summed E-state index contributed by atoms with van der Waals surface area (Å²) in [7, 11) is 0. The summed E-state index contributed by atoms with van der Waals surface area (Å²) in [4.78, 5) is 21.6. The van der Waals surface area contributed by atoms with E-state index in [4.69, 9.17) is 10.5 Å². The number of carbonyl (C=O) groups is 1. The van der Waals surface area contributed by atoms with Crippen LogP contribution in [0.4, 0.5) is 23.7 Å². The molecule has 2 N–H and O–H groups in total. The minimum atomic E-state index is -3.11. The van der Waals surface area contributed by atoms with E-state index in [-0.39, 0.29) is 17.2 Å². The number of aromatic nitrogens is 3. The normalized spacial score (nSPS) is 21.8. The molecule has 0 bridgehead atoms. The molecule has 0 spiro atoms. The summed E-state index contributed by atoms with van der Waals surface area (Å²) in [6, 6.07) is 1.10. The second-order valence-corrected chi connectivity index (χ2v) is 8.11. The average Bonchev–Trinajstić information content (AvgIpc) is 3.09. The topological polar surface area (TPSA) is 86.3 Å². The molecule has 0 aliphatic carbocycles. The number of carbonyl (C=O) groups excluding carboxylic acids is 1. The predicted octanol–water partition coefficient (Wildman–Crippen LogP) is 3.48. The predicted molar refractivity (Wildman–Crippen MR) is 95.6 cm³/mol. The number of amides is 1. The van der Waals surface area contributed by atoms with Crippen molar-refractivity contribution in [2.45, 2.75) is 51.2 Å². The average molecular weight is 397 g/mol. The highest BCUT2D eigenvalue weighted by Gasteiger charge is 2.57. The Morgan fingerprint density at radius 3 is 2.61 bits per heavy atom. The van der Waals surface area contributed by atoms with Gasteiger partial charge in [0, 0.05) is 18.7 Å². The second-order valence-electron chi connectivity index (χ2n) is 8.11. The molecular formula is C18H22F3N5O2. The van der Waals surface area contributed by atoms with Gasteiger partial charge in [-0.3, -0.25) is 9.47 Å². The molecule has 2 aromatic heterocycles. The maximum atomic E-state index is 14.2. The number of alkyl halides is 2. The largest absolute Gasteiger partial charge is 0.444 e. The molecule has 0 radical (unpaired) electrons. The van der Waals surface area contributed by atoms with Crippen molar-refractivity contribution in [1.82, 2.24) is 19.4 Å². The van der Waals surface area contributed by atoms with Crippen LogP contribution in [0, 0.1) is 5.82 Å². The van der Waals surface area contributed by atoms with Crippen LogP contribution in [-0.4, -0.2) is 43.6 Å². The second kappa shape index (κ2) is 6.39. The van der Waals surface area contributed by atoms with E-state index in [2.05, 4.69) is 9.97 Å². The van der Waals surface area contributed by atoms with Gasteiger partial charge in [0.15, 0.2) is 11.6 Å². The first-order chi connectivity index (χ1) is 12.8. The molecule has 2 aromatic rings. The van der Waals surface area contributed by atoms with Crippen molar-refractivity contribution < 1.29 is 22.7 Å². The van der Waals surface area contributed by atoms with Gasteiger partial charge in [0.05, 0.1) is 29.7 Å². The van der Waals surface area contributed by atoms with Crippen molar-refractivity contribution in [2.75, 3.05) is 12.3 Å². The van der Waals surface area contributed by atoms with Crippen LogP contribution < -0.4 is 5.73 Å². The van der Waals surface area contributed by atoms with E-state index in [9.17, 15) is 18.0 Å². The lowest BCUT2D eigenvalue weighted by molar-refractivity contribution is -0.00413. The molecule has 1 unspecified atom stereocenters. The van der Waals surface area contributed by atoms with Gasteiger partial charge in [-0.05, 0) is 27.7 Å². The lowest BCUT2D eigenvalue weighted by Gasteiger charge is -2.34. The molecule has 1 atom stereocenters. The van der Waals surface area contributed by atoms with E-state index in [1.54, 1.807) is 20.8 Å². The van der Waals surface area contributed by atoms with Gasteiger partial charge < -0.3 is 10.5 Å². The monoisotopic (exact) mass is 397 g/mol. The molecule has 1 fully saturated rings. The third-order valence-electron chi connectivity index (χ3n) is 4.42. The Morgan fingerprint density at radius 1 is 1.32 bits per heavy atom. The third-order valence-corrected chi connectivity index (χ3v) is 4.42. The lowest BCUT2D eigenvalue weighted by Crippen LogP contribution is -2.45. The molecule has 1 amide bonds. The molecular weight excluding hydrogens is 375 g/mol. The van der Waals surface area contributed by atoms with E-state index in [0.717, 1.165) is 11.0 Å². The first-order valence-electron chi connectivity index (χ1n) is 8.65. The molecule has 3 rings (SSSR count). The summed E-state index contributed by atoms with van der Waals surface area (Å²) in [5, 5.41) is 0. The molecule has 1 saturated heterocycles. The molecule has 0 saturated carbocycles. The zero-order valence-electron chi connectivity index (χ0n) is 16.0. The number of rotatable bonds is 2. The highest BCUT2D eigenvalue weighted by molar-refractivity contribution is 5.70. The molecule has 0 aromatic carbocycles. The first kappa shape index (κ1) is 20.0. The van der Waals surface area contributed by atoms with Crippen molar-refractivity contribution in [3.63, 3.8) is 0 Å². The van der Waals surface area contributed by atoms with Crippen molar-refractivity contribution in [1.29, 1.82) is 0 Å². The highest BCUT2D eigenvalue weighted by Crippen LogP contribution is 2.46. The Morgan fingerprint density at radius 2 is 2.00 bits per heavy atom. The number of likely N-dealkylation sites (tertiary alicyclic amines) is 1. The minimum Gasteiger partial charge on any atom is -0.444 e. The van der Waals surface area contributed by atoms with Crippen LogP contribution in [-0.2, 0) is 10.3 Å². The minimum absolute atomic E-state index is 0.0786. The van der Waals surface area contributed by atoms with E-state index in [1.165, 1.54) is 30.2 Å². The summed E-state index contributed by atoms with van der Waals surface area (Å²) in [5.74, 6) is -3.87. The fourth-order valence-corrected chi connectivity index (χ4v) is 3.22. The van der Waals surface area contributed by atoms with Gasteiger partial charge in [-0.2, -0.15) is 0 Å². The van der Waals surface area contributed by atoms with Crippen LogP contribution in [0.2, 0.25) is 0 Å². The molecule has 10 heteroatoms. The van der Waals surface area contributed by atoms with E-state index in [0.29, 0.717) is 0 Å². The number of ether oxygens (including phenoxy) is 1. The summed E-state index contributed by atoms with van der Waals surface area (Å²) >= 11 is 0. The van der Waals surface area contributed by atoms with Gasteiger partial charge in [-0.25, -0.2) is 27.9 Å². The van der Waals surface area contributed by atoms with Gasteiger partial charge in [-0.15, -0.1) is 0 Å². The highest BCUT2D eigenvalue weighted by atomic mass is 19.3.